The summed E-state index contributed by atoms with van der Waals surface area (Å²) in [6, 6.07) is 10.2. The smallest absolute Gasteiger partial charge is 0.274 e. The number of carbonyl (C=O) groups is 1. The minimum Gasteiger partial charge on any atom is -0.389 e. The van der Waals surface area contributed by atoms with Gasteiger partial charge in [-0.2, -0.15) is 0 Å². The van der Waals surface area contributed by atoms with Gasteiger partial charge in [0.05, 0.1) is 11.6 Å². The van der Waals surface area contributed by atoms with E-state index in [1.807, 2.05) is 31.3 Å². The van der Waals surface area contributed by atoms with Gasteiger partial charge in [-0.25, -0.2) is 9.97 Å². The summed E-state index contributed by atoms with van der Waals surface area (Å²) in [6.07, 6.45) is 4.42. The number of hydrogen-bond donors (Lipinski definition) is 2. The second kappa shape index (κ2) is 6.39. The topological polar surface area (TPSA) is 82.8 Å². The number of aliphatic hydroxyl groups is 1. The molecule has 7 nitrogen and oxygen atoms in total. The van der Waals surface area contributed by atoms with E-state index < -0.39 is 6.10 Å². The van der Waals surface area contributed by atoms with E-state index >= 15 is 0 Å². The molecule has 0 radical (unpaired) electrons. The van der Waals surface area contributed by atoms with Crippen molar-refractivity contribution < 1.29 is 9.90 Å². The number of amides is 1. The average molecular weight is 377 g/mol. The summed E-state index contributed by atoms with van der Waals surface area (Å²) >= 11 is 0. The first kappa shape index (κ1) is 17.3. The highest BCUT2D eigenvalue weighted by Gasteiger charge is 2.45. The Balaban J connectivity index is 1.35. The van der Waals surface area contributed by atoms with Gasteiger partial charge in [0.15, 0.2) is 0 Å². The van der Waals surface area contributed by atoms with Crippen molar-refractivity contribution in [3.05, 3.63) is 65.2 Å². The Kier molecular flexibility index (Phi) is 3.96. The van der Waals surface area contributed by atoms with Crippen LogP contribution in [0.5, 0.6) is 0 Å². The Hall–Kier alpha value is -2.77. The molecule has 2 atom stereocenters. The Morgan fingerprint density at radius 1 is 1.25 bits per heavy atom. The van der Waals surface area contributed by atoms with E-state index in [9.17, 15) is 9.90 Å². The third-order valence-electron chi connectivity index (χ3n) is 6.09. The number of aromatic nitrogens is 3. The van der Waals surface area contributed by atoms with Gasteiger partial charge in [0.1, 0.15) is 5.69 Å². The van der Waals surface area contributed by atoms with Gasteiger partial charge >= 0.3 is 0 Å². The minimum absolute atomic E-state index is 0.159. The third kappa shape index (κ3) is 2.78. The second-order valence-corrected chi connectivity index (χ2v) is 7.87. The number of aliphatic hydroxyl groups excluding tert-OH is 1. The minimum atomic E-state index is -0.629. The van der Waals surface area contributed by atoms with E-state index in [2.05, 4.69) is 27.4 Å². The number of benzene rings is 1. The lowest BCUT2D eigenvalue weighted by atomic mass is 9.76. The molecule has 0 aliphatic carbocycles. The molecule has 1 saturated heterocycles. The molecule has 4 heterocycles. The van der Waals surface area contributed by atoms with E-state index in [-0.39, 0.29) is 11.4 Å². The zero-order valence-electron chi connectivity index (χ0n) is 15.8. The molecule has 2 N–H and O–H groups in total. The summed E-state index contributed by atoms with van der Waals surface area (Å²) in [7, 11) is 0. The monoisotopic (exact) mass is 377 g/mol. The maximum absolute atomic E-state index is 13.0. The molecule has 0 saturated carbocycles. The highest BCUT2D eigenvalue weighted by molar-refractivity contribution is 5.93. The van der Waals surface area contributed by atoms with Crippen LogP contribution in [0.3, 0.4) is 0 Å². The van der Waals surface area contributed by atoms with Crippen molar-refractivity contribution in [3.8, 4) is 0 Å². The first-order valence-corrected chi connectivity index (χ1v) is 9.66. The van der Waals surface area contributed by atoms with Gasteiger partial charge in [0.25, 0.3) is 5.91 Å². The summed E-state index contributed by atoms with van der Waals surface area (Å²) in [5.74, 6) is 0.358. The standard InChI is InChI=1S/C21H23N5O2/c1-14-6-8-26-12-17(24-20(26)23-14)19(28)25-9-7-21(18(27)13-25)10-15-4-2-3-5-16(15)11-22-21/h2-6,8,12,18,22,27H,7,9-11,13H2,1H3/t18-,21+/m1/s1. The Bertz CT molecular complexity index is 1060. The molecule has 28 heavy (non-hydrogen) atoms. The molecule has 1 aromatic carbocycles. The molecule has 3 aromatic rings. The maximum Gasteiger partial charge on any atom is 0.274 e. The first-order chi connectivity index (χ1) is 13.5. The molecular formula is C21H23N5O2. The summed E-state index contributed by atoms with van der Waals surface area (Å²) in [6.45, 7) is 3.53. The van der Waals surface area contributed by atoms with Crippen molar-refractivity contribution in [1.29, 1.82) is 0 Å². The molecular weight excluding hydrogens is 354 g/mol. The number of fused-ring (bicyclic) bond motifs is 2. The molecule has 7 heteroatoms. The first-order valence-electron chi connectivity index (χ1n) is 9.66. The zero-order valence-corrected chi connectivity index (χ0v) is 15.8. The largest absolute Gasteiger partial charge is 0.389 e. The molecule has 2 aliphatic heterocycles. The van der Waals surface area contributed by atoms with Gasteiger partial charge in [-0.1, -0.05) is 24.3 Å². The number of imidazole rings is 1. The van der Waals surface area contributed by atoms with Crippen LogP contribution in [0.15, 0.2) is 42.7 Å². The molecule has 1 spiro atoms. The summed E-state index contributed by atoms with van der Waals surface area (Å²) in [4.78, 5) is 23.4. The van der Waals surface area contributed by atoms with Crippen LogP contribution in [0.25, 0.3) is 5.78 Å². The summed E-state index contributed by atoms with van der Waals surface area (Å²) in [5.41, 5.74) is 3.41. The lowest BCUT2D eigenvalue weighted by Crippen LogP contribution is -2.65. The number of aryl methyl sites for hydroxylation is 1. The highest BCUT2D eigenvalue weighted by Crippen LogP contribution is 2.32. The van der Waals surface area contributed by atoms with Crippen molar-refractivity contribution >= 4 is 11.7 Å². The quantitative estimate of drug-likeness (QED) is 0.669. The number of likely N-dealkylation sites (tertiary alicyclic amines) is 1. The van der Waals surface area contributed by atoms with E-state index in [0.717, 1.165) is 18.7 Å². The molecule has 0 bridgehead atoms. The van der Waals surface area contributed by atoms with Crippen LogP contribution in [0.1, 0.15) is 33.7 Å². The summed E-state index contributed by atoms with van der Waals surface area (Å²) < 4.78 is 1.75. The van der Waals surface area contributed by atoms with Gasteiger partial charge in [-0.3, -0.25) is 9.20 Å². The molecule has 1 fully saturated rings. The number of piperidine rings is 1. The van der Waals surface area contributed by atoms with Crippen molar-refractivity contribution in [2.45, 2.75) is 38.0 Å². The van der Waals surface area contributed by atoms with Crippen LogP contribution in [0.2, 0.25) is 0 Å². The summed E-state index contributed by atoms with van der Waals surface area (Å²) in [5, 5.41) is 14.5. The Labute approximate surface area is 163 Å². The van der Waals surface area contributed by atoms with Gasteiger partial charge in [-0.05, 0) is 37.0 Å². The van der Waals surface area contributed by atoms with Crippen LogP contribution < -0.4 is 5.32 Å². The number of carbonyl (C=O) groups excluding carboxylic acids is 1. The SMILES string of the molecule is Cc1ccn2cc(C(=O)N3CC[C@]4(Cc5ccccc5CN4)[C@H](O)C3)nc2n1. The van der Waals surface area contributed by atoms with Crippen molar-refractivity contribution in [3.63, 3.8) is 0 Å². The van der Waals surface area contributed by atoms with Gasteiger partial charge < -0.3 is 15.3 Å². The van der Waals surface area contributed by atoms with E-state index in [0.29, 0.717) is 31.0 Å². The molecule has 2 aliphatic rings. The van der Waals surface area contributed by atoms with Crippen LogP contribution in [0, 0.1) is 6.92 Å². The van der Waals surface area contributed by atoms with Gasteiger partial charge in [-0.15, -0.1) is 0 Å². The fraction of sp³-hybridized carbons (Fsp3) is 0.381. The lowest BCUT2D eigenvalue weighted by molar-refractivity contribution is -0.0140. The van der Waals surface area contributed by atoms with Crippen molar-refractivity contribution in [2.75, 3.05) is 13.1 Å². The third-order valence-corrected chi connectivity index (χ3v) is 6.09. The fourth-order valence-corrected chi connectivity index (χ4v) is 4.37. The number of nitrogens with one attached hydrogen (secondary N) is 1. The average Bonchev–Trinajstić information content (AvgIpc) is 3.13. The Morgan fingerprint density at radius 2 is 2.07 bits per heavy atom. The molecule has 1 amide bonds. The molecule has 2 aromatic heterocycles. The molecule has 144 valence electrons. The predicted molar refractivity (Wildman–Crippen MR) is 104 cm³/mol. The van der Waals surface area contributed by atoms with Gasteiger partial charge in [0, 0.05) is 37.7 Å². The van der Waals surface area contributed by atoms with Crippen LogP contribution >= 0.6 is 0 Å². The molecule has 0 unspecified atom stereocenters. The number of β-amino-alcohol motifs (C(OH)–C–C–N with tert-alkyl or cyclic N) is 1. The van der Waals surface area contributed by atoms with E-state index in [1.165, 1.54) is 11.1 Å². The number of hydrogen-bond acceptors (Lipinski definition) is 5. The highest BCUT2D eigenvalue weighted by atomic mass is 16.3. The molecule has 5 rings (SSSR count). The number of rotatable bonds is 1. The van der Waals surface area contributed by atoms with Crippen LogP contribution in [0.4, 0.5) is 0 Å². The van der Waals surface area contributed by atoms with Crippen LogP contribution in [-0.2, 0) is 13.0 Å². The van der Waals surface area contributed by atoms with Crippen LogP contribution in [-0.4, -0.2) is 55.0 Å². The predicted octanol–water partition coefficient (Wildman–Crippen LogP) is 1.33. The van der Waals surface area contributed by atoms with E-state index in [1.54, 1.807) is 15.5 Å². The van der Waals surface area contributed by atoms with Crippen molar-refractivity contribution in [2.24, 2.45) is 0 Å². The Morgan fingerprint density at radius 3 is 2.89 bits per heavy atom. The lowest BCUT2D eigenvalue weighted by Gasteiger charge is -2.48. The number of nitrogens with zero attached hydrogens (tertiary/aromatic N) is 4. The fourth-order valence-electron chi connectivity index (χ4n) is 4.37. The normalized spacial score (nSPS) is 24.5. The van der Waals surface area contributed by atoms with E-state index in [4.69, 9.17) is 0 Å². The maximum atomic E-state index is 13.0. The second-order valence-electron chi connectivity index (χ2n) is 7.87. The zero-order chi connectivity index (χ0) is 19.3. The van der Waals surface area contributed by atoms with Crippen molar-refractivity contribution in [1.82, 2.24) is 24.6 Å². The van der Waals surface area contributed by atoms with Gasteiger partial charge in [0.2, 0.25) is 5.78 Å².